The molecule has 2 heteroatoms. The van der Waals surface area contributed by atoms with Gasteiger partial charge in [-0.2, -0.15) is 0 Å². The van der Waals surface area contributed by atoms with E-state index in [-0.39, 0.29) is 0 Å². The average Bonchev–Trinajstić information content (AvgIpc) is 1.85. The van der Waals surface area contributed by atoms with Crippen LogP contribution in [0.5, 0.6) is 0 Å². The second-order valence-electron chi connectivity index (χ2n) is 1.86. The molecule has 0 fully saturated rings. The Balaban J connectivity index is 3.36. The lowest BCUT2D eigenvalue weighted by molar-refractivity contribution is 0.917. The van der Waals surface area contributed by atoms with Crippen LogP contribution >= 0.6 is 0 Å². The third kappa shape index (κ3) is 4.94. The molecule has 0 aromatic rings. The van der Waals surface area contributed by atoms with Crippen molar-refractivity contribution in [2.45, 2.75) is 6.92 Å². The summed E-state index contributed by atoms with van der Waals surface area (Å²) in [6, 6.07) is 0. The first-order valence-electron chi connectivity index (χ1n) is 2.98. The van der Waals surface area contributed by atoms with Crippen molar-refractivity contribution in [3.8, 4) is 0 Å². The average molecular weight is 126 g/mol. The van der Waals surface area contributed by atoms with E-state index in [0.717, 1.165) is 6.54 Å². The van der Waals surface area contributed by atoms with Crippen molar-refractivity contribution in [1.82, 2.24) is 10.6 Å². The summed E-state index contributed by atoms with van der Waals surface area (Å²) >= 11 is 0. The van der Waals surface area contributed by atoms with Crippen molar-refractivity contribution in [3.63, 3.8) is 0 Å². The Labute approximate surface area is 56.6 Å². The molecule has 0 unspecified atom stereocenters. The summed E-state index contributed by atoms with van der Waals surface area (Å²) in [6.07, 6.45) is 3.64. The third-order valence-corrected chi connectivity index (χ3v) is 0.916. The quantitative estimate of drug-likeness (QED) is 0.583. The van der Waals surface area contributed by atoms with Crippen LogP contribution in [0.25, 0.3) is 0 Å². The minimum absolute atomic E-state index is 0.865. The van der Waals surface area contributed by atoms with E-state index in [0.29, 0.717) is 0 Å². The summed E-state index contributed by atoms with van der Waals surface area (Å²) < 4.78 is 0. The topological polar surface area (TPSA) is 24.1 Å². The number of rotatable bonds is 4. The Kier molecular flexibility index (Phi) is 4.69. The third-order valence-electron chi connectivity index (χ3n) is 0.916. The number of nitrogens with one attached hydrogen (secondary N) is 2. The molecule has 0 bridgehead atoms. The Morgan fingerprint density at radius 1 is 1.67 bits per heavy atom. The predicted molar refractivity (Wildman–Crippen MR) is 41.0 cm³/mol. The van der Waals surface area contributed by atoms with Crippen LogP contribution < -0.4 is 10.6 Å². The van der Waals surface area contributed by atoms with E-state index in [1.807, 2.05) is 20.2 Å². The van der Waals surface area contributed by atoms with Crippen molar-refractivity contribution in [2.75, 3.05) is 13.6 Å². The number of hydrogen-bond donors (Lipinski definition) is 2. The van der Waals surface area contributed by atoms with Crippen LogP contribution in [0.1, 0.15) is 6.92 Å². The SMILES string of the molecule is C=CNC/C(C)=C/NC. The maximum atomic E-state index is 3.53. The number of hydrogen-bond acceptors (Lipinski definition) is 2. The van der Waals surface area contributed by atoms with Gasteiger partial charge in [0, 0.05) is 13.6 Å². The molecule has 2 N–H and O–H groups in total. The van der Waals surface area contributed by atoms with Gasteiger partial charge >= 0.3 is 0 Å². The van der Waals surface area contributed by atoms with Crippen molar-refractivity contribution < 1.29 is 0 Å². The maximum absolute atomic E-state index is 3.53. The van der Waals surface area contributed by atoms with E-state index in [1.54, 1.807) is 6.20 Å². The Morgan fingerprint density at radius 2 is 2.33 bits per heavy atom. The van der Waals surface area contributed by atoms with Crippen molar-refractivity contribution >= 4 is 0 Å². The van der Waals surface area contributed by atoms with E-state index in [1.165, 1.54) is 5.57 Å². The summed E-state index contributed by atoms with van der Waals surface area (Å²) in [6.45, 7) is 6.45. The molecule has 0 aliphatic rings. The molecule has 0 aromatic carbocycles. The molecule has 0 aliphatic carbocycles. The summed E-state index contributed by atoms with van der Waals surface area (Å²) in [5.74, 6) is 0. The van der Waals surface area contributed by atoms with Gasteiger partial charge in [-0.05, 0) is 24.9 Å². The van der Waals surface area contributed by atoms with Crippen LogP contribution in [-0.4, -0.2) is 13.6 Å². The summed E-state index contributed by atoms with van der Waals surface area (Å²) in [4.78, 5) is 0. The first kappa shape index (κ1) is 8.08. The van der Waals surface area contributed by atoms with Gasteiger partial charge < -0.3 is 10.6 Å². The molecule has 52 valence electrons. The first-order chi connectivity index (χ1) is 4.31. The molecule has 0 spiro atoms. The molecule has 0 rings (SSSR count). The second kappa shape index (κ2) is 5.22. The molecule has 0 atom stereocenters. The van der Waals surface area contributed by atoms with Crippen molar-refractivity contribution in [2.24, 2.45) is 0 Å². The molecule has 0 amide bonds. The van der Waals surface area contributed by atoms with Gasteiger partial charge in [0.2, 0.25) is 0 Å². The molecule has 0 saturated heterocycles. The lowest BCUT2D eigenvalue weighted by atomic mass is 10.3. The van der Waals surface area contributed by atoms with Crippen LogP contribution in [0.15, 0.2) is 24.6 Å². The van der Waals surface area contributed by atoms with E-state index < -0.39 is 0 Å². The van der Waals surface area contributed by atoms with E-state index in [9.17, 15) is 0 Å². The minimum Gasteiger partial charge on any atom is -0.394 e. The fraction of sp³-hybridized carbons (Fsp3) is 0.429. The highest BCUT2D eigenvalue weighted by molar-refractivity contribution is 4.98. The lowest BCUT2D eigenvalue weighted by Crippen LogP contribution is -2.09. The first-order valence-corrected chi connectivity index (χ1v) is 2.98. The van der Waals surface area contributed by atoms with E-state index in [4.69, 9.17) is 0 Å². The highest BCUT2D eigenvalue weighted by Gasteiger charge is 1.81. The van der Waals surface area contributed by atoms with Crippen molar-refractivity contribution in [1.29, 1.82) is 0 Å². The fourth-order valence-corrected chi connectivity index (χ4v) is 0.531. The monoisotopic (exact) mass is 126 g/mol. The van der Waals surface area contributed by atoms with Crippen LogP contribution in [0.3, 0.4) is 0 Å². The maximum Gasteiger partial charge on any atom is 0.0368 e. The van der Waals surface area contributed by atoms with Gasteiger partial charge in [0.15, 0.2) is 0 Å². The molecule has 9 heavy (non-hydrogen) atoms. The lowest BCUT2D eigenvalue weighted by Gasteiger charge is -1.99. The van der Waals surface area contributed by atoms with Gasteiger partial charge in [-0.1, -0.05) is 6.58 Å². The van der Waals surface area contributed by atoms with Gasteiger partial charge in [0.1, 0.15) is 0 Å². The van der Waals surface area contributed by atoms with Crippen LogP contribution in [-0.2, 0) is 0 Å². The minimum atomic E-state index is 0.865. The van der Waals surface area contributed by atoms with E-state index in [2.05, 4.69) is 17.2 Å². The van der Waals surface area contributed by atoms with Gasteiger partial charge in [0.05, 0.1) is 0 Å². The zero-order valence-electron chi connectivity index (χ0n) is 6.07. The second-order valence-corrected chi connectivity index (χ2v) is 1.86. The Bertz CT molecular complexity index is 105. The Morgan fingerprint density at radius 3 is 2.78 bits per heavy atom. The molecular weight excluding hydrogens is 112 g/mol. The highest BCUT2D eigenvalue weighted by Crippen LogP contribution is 1.84. The standard InChI is InChI=1S/C7H14N2/c1-4-9-6-7(2)5-8-3/h4-5,8-9H,1,6H2,2-3H3/b7-5+. The smallest absolute Gasteiger partial charge is 0.0368 e. The van der Waals surface area contributed by atoms with Crippen LogP contribution in [0.2, 0.25) is 0 Å². The highest BCUT2D eigenvalue weighted by atomic mass is 14.8. The molecule has 0 aliphatic heterocycles. The molecule has 2 nitrogen and oxygen atoms in total. The van der Waals surface area contributed by atoms with Crippen molar-refractivity contribution in [3.05, 3.63) is 24.6 Å². The van der Waals surface area contributed by atoms with Crippen LogP contribution in [0.4, 0.5) is 0 Å². The summed E-state index contributed by atoms with van der Waals surface area (Å²) in [7, 11) is 1.89. The zero-order valence-corrected chi connectivity index (χ0v) is 6.07. The Hall–Kier alpha value is -0.920. The summed E-state index contributed by atoms with van der Waals surface area (Å²) in [5, 5.41) is 5.93. The molecule has 0 saturated carbocycles. The summed E-state index contributed by atoms with van der Waals surface area (Å²) in [5.41, 5.74) is 1.26. The van der Waals surface area contributed by atoms with Gasteiger partial charge in [-0.25, -0.2) is 0 Å². The van der Waals surface area contributed by atoms with Gasteiger partial charge in [0.25, 0.3) is 0 Å². The van der Waals surface area contributed by atoms with Crippen LogP contribution in [0, 0.1) is 0 Å². The van der Waals surface area contributed by atoms with E-state index >= 15 is 0 Å². The molecule has 0 radical (unpaired) electrons. The molecular formula is C7H14N2. The fourth-order valence-electron chi connectivity index (χ4n) is 0.531. The molecule has 0 aromatic heterocycles. The molecule has 0 heterocycles. The largest absolute Gasteiger partial charge is 0.394 e. The predicted octanol–water partition coefficient (Wildman–Crippen LogP) is 0.843. The van der Waals surface area contributed by atoms with Gasteiger partial charge in [-0.3, -0.25) is 0 Å². The van der Waals surface area contributed by atoms with Gasteiger partial charge in [-0.15, -0.1) is 0 Å². The zero-order chi connectivity index (χ0) is 7.11. The normalized spacial score (nSPS) is 10.7.